The summed E-state index contributed by atoms with van der Waals surface area (Å²) in [4.78, 5) is 10.3. The molecule has 0 spiro atoms. The fourth-order valence-corrected chi connectivity index (χ4v) is 2.42. The molecule has 26 heavy (non-hydrogen) atoms. The van der Waals surface area contributed by atoms with Crippen molar-refractivity contribution >= 4 is 14.8 Å². The summed E-state index contributed by atoms with van der Waals surface area (Å²) in [5.74, 6) is 0.651. The van der Waals surface area contributed by atoms with Gasteiger partial charge in [0, 0.05) is 12.8 Å². The molecule has 0 aliphatic heterocycles. The van der Waals surface area contributed by atoms with Crippen molar-refractivity contribution in [1.29, 1.82) is 0 Å². The summed E-state index contributed by atoms with van der Waals surface area (Å²) in [6, 6.07) is 0. The Kier molecular flexibility index (Phi) is 39.8. The second-order valence-electron chi connectivity index (χ2n) is 5.47. The van der Waals surface area contributed by atoms with Crippen LogP contribution in [0.3, 0.4) is 0 Å². The number of hydrogen-bond acceptors (Lipinski definition) is 3. The van der Waals surface area contributed by atoms with Crippen LogP contribution in [0.1, 0.15) is 32.6 Å². The predicted molar refractivity (Wildman–Crippen MR) is 93.0 cm³/mol. The summed E-state index contributed by atoms with van der Waals surface area (Å²) >= 11 is 0. The average molecular weight is 422 g/mol. The van der Waals surface area contributed by atoms with E-state index in [1.807, 2.05) is 12.8 Å². The minimum Gasteiger partial charge on any atom is 2.00 e. The Hall–Kier alpha value is -1.03. The van der Waals surface area contributed by atoms with E-state index in [4.69, 9.17) is 23.1 Å². The first-order valence-corrected chi connectivity index (χ1v) is 10.8. The summed E-state index contributed by atoms with van der Waals surface area (Å²) in [7, 11) is -1.60. The number of hydrogen-bond donors (Lipinski definition) is 0. The third kappa shape index (κ3) is 34.3. The van der Waals surface area contributed by atoms with Crippen molar-refractivity contribution in [2.45, 2.75) is 58.4 Å². The molecule has 0 unspecified atom stereocenters. The molecule has 0 fully saturated rings. The second kappa shape index (κ2) is 28.8. The summed E-state index contributed by atoms with van der Waals surface area (Å²) < 4.78 is 33.1. The van der Waals surface area contributed by atoms with Gasteiger partial charge in [-0.05, 0) is 38.9 Å². The van der Waals surface area contributed by atoms with E-state index >= 15 is 0 Å². The van der Waals surface area contributed by atoms with E-state index in [1.54, 1.807) is 6.42 Å². The maximum absolute atomic E-state index is 10.3. The Morgan fingerprint density at radius 2 is 1.65 bits per heavy atom. The van der Waals surface area contributed by atoms with Gasteiger partial charge in [0.05, 0.1) is 11.9 Å². The molecule has 3 radical (unpaired) electrons. The number of rotatable bonds is 12. The predicted octanol–water partition coefficient (Wildman–Crippen LogP) is 3.88. The zero-order valence-corrected chi connectivity index (χ0v) is 17.8. The molecule has 0 heterocycles. The molecule has 0 saturated carbocycles. The normalized spacial score (nSPS) is 9.62. The van der Waals surface area contributed by atoms with Crippen LogP contribution in [-0.4, -0.2) is 20.9 Å². The van der Waals surface area contributed by atoms with E-state index in [0.717, 1.165) is 25.7 Å². The fourth-order valence-electron chi connectivity index (χ4n) is 1.57. The first kappa shape index (κ1) is 36.0. The summed E-state index contributed by atoms with van der Waals surface area (Å²) in [6.45, 7) is 27.3. The Balaban J connectivity index is -0.000000189. The number of unbranched alkanes of at least 4 members (excludes halogenated alkanes) is 2. The summed E-state index contributed by atoms with van der Waals surface area (Å²) in [6.07, 6.45) is 9.43. The van der Waals surface area contributed by atoms with E-state index in [0.29, 0.717) is 5.76 Å². The Bertz CT molecular complexity index is 360. The smallest absolute Gasteiger partial charge is 2.00 e. The van der Waals surface area contributed by atoms with Gasteiger partial charge in [0.15, 0.2) is 0 Å². The molecule has 145 valence electrons. The molecule has 0 bridgehead atoms. The molecular formula is C18H26FeO6Si+. The van der Waals surface area contributed by atoms with Gasteiger partial charge in [-0.25, -0.2) is 0 Å². The molecule has 0 aromatic rings. The van der Waals surface area contributed by atoms with Gasteiger partial charge in [0.2, 0.25) is 8.32 Å². The third-order valence-corrected chi connectivity index (χ3v) is 3.21. The first-order chi connectivity index (χ1) is 11.9. The molecule has 0 aromatic carbocycles. The second-order valence-corrected chi connectivity index (χ2v) is 9.90. The van der Waals surface area contributed by atoms with Crippen molar-refractivity contribution in [2.75, 3.05) is 0 Å². The topological polar surface area (TPSA) is 95.2 Å². The average Bonchev–Trinajstić information content (AvgIpc) is 2.59. The van der Waals surface area contributed by atoms with E-state index in [-0.39, 0.29) is 23.2 Å². The molecular weight excluding hydrogens is 396 g/mol. The van der Waals surface area contributed by atoms with Crippen molar-refractivity contribution in [3.05, 3.63) is 51.6 Å². The Morgan fingerprint density at radius 3 is 2.04 bits per heavy atom. The van der Waals surface area contributed by atoms with Gasteiger partial charge in [0.25, 0.3) is 0 Å². The SMILES string of the molecule is C=C([CH][CH][CH][C@@H](CCCCC)O[C-]=O)O[Si](C)(C)C.[C-]#[O+].[C-]#[O+].[C-]#[O+].[Fe+2]. The van der Waals surface area contributed by atoms with Gasteiger partial charge >= 0.3 is 51.0 Å². The zero-order chi connectivity index (χ0) is 20.7. The summed E-state index contributed by atoms with van der Waals surface area (Å²) in [5.41, 5.74) is 0. The van der Waals surface area contributed by atoms with E-state index in [2.05, 4.69) is 53.1 Å². The Labute approximate surface area is 169 Å². The minimum absolute atomic E-state index is 0. The van der Waals surface area contributed by atoms with Crippen LogP contribution >= 0.6 is 0 Å². The van der Waals surface area contributed by atoms with E-state index in [9.17, 15) is 4.79 Å². The largest absolute Gasteiger partial charge is 2.00 e. The molecule has 0 aromatic heterocycles. The molecule has 1 atom stereocenters. The quantitative estimate of drug-likeness (QED) is 0.157. The minimum atomic E-state index is -1.60. The standard InChI is InChI=1S/C15H26O3Si.3CO.Fe/c1-6-7-8-11-15(17-13-16)12-9-10-14(2)18-19(3,4)5;3*1-2;/h9-10,12,15H,2,6-8,11H2,1,3-5H3;;;;/q-1;;;;+2/t15-;;;;/m1..../s1. The molecule has 0 amide bonds. The maximum Gasteiger partial charge on any atom is 2.00 e. The zero-order valence-electron chi connectivity index (χ0n) is 15.6. The van der Waals surface area contributed by atoms with Crippen molar-refractivity contribution in [3.8, 4) is 0 Å². The molecule has 6 nitrogen and oxygen atoms in total. The molecule has 0 aliphatic rings. The van der Waals surface area contributed by atoms with E-state index < -0.39 is 8.32 Å². The molecule has 8 heteroatoms. The van der Waals surface area contributed by atoms with Crippen LogP contribution in [0.2, 0.25) is 19.6 Å². The molecule has 0 aliphatic carbocycles. The van der Waals surface area contributed by atoms with Crippen LogP contribution in [0.5, 0.6) is 0 Å². The van der Waals surface area contributed by atoms with Crippen molar-refractivity contribution in [3.63, 3.8) is 0 Å². The van der Waals surface area contributed by atoms with Crippen LogP contribution in [0.25, 0.3) is 0 Å². The van der Waals surface area contributed by atoms with Crippen LogP contribution in [0, 0.1) is 39.2 Å². The van der Waals surface area contributed by atoms with Crippen LogP contribution in [0.4, 0.5) is 0 Å². The third-order valence-electron chi connectivity index (χ3n) is 2.34. The van der Waals surface area contributed by atoms with Crippen molar-refractivity contribution < 1.29 is 45.0 Å². The molecule has 0 saturated heterocycles. The van der Waals surface area contributed by atoms with Crippen LogP contribution in [0.15, 0.2) is 12.3 Å². The van der Waals surface area contributed by atoms with Gasteiger partial charge in [-0.15, -0.1) is 0 Å². The summed E-state index contributed by atoms with van der Waals surface area (Å²) in [5, 5.41) is 0. The van der Waals surface area contributed by atoms with Crippen LogP contribution in [-0.2, 0) is 45.0 Å². The van der Waals surface area contributed by atoms with Gasteiger partial charge in [-0.2, -0.15) is 0 Å². The number of allylic oxidation sites excluding steroid dienone is 1. The number of ether oxygens (including phenoxy) is 1. The maximum atomic E-state index is 10.3. The molecule has 0 N–H and O–H groups in total. The fraction of sp³-hybridized carbons (Fsp3) is 0.500. The van der Waals surface area contributed by atoms with Gasteiger partial charge in [0.1, 0.15) is 0 Å². The van der Waals surface area contributed by atoms with Gasteiger partial charge < -0.3 is 14.0 Å². The van der Waals surface area contributed by atoms with Gasteiger partial charge in [-0.3, -0.25) is 0 Å². The van der Waals surface area contributed by atoms with Crippen molar-refractivity contribution in [1.82, 2.24) is 0 Å². The monoisotopic (exact) mass is 422 g/mol. The number of carbonyl (C=O) groups excluding carboxylic acids is 1. The first-order valence-electron chi connectivity index (χ1n) is 7.42. The Morgan fingerprint density at radius 1 is 1.15 bits per heavy atom. The van der Waals surface area contributed by atoms with E-state index in [1.165, 1.54) is 6.47 Å². The molecule has 0 rings (SSSR count). The van der Waals surface area contributed by atoms with Crippen molar-refractivity contribution in [2.24, 2.45) is 0 Å². The van der Waals surface area contributed by atoms with Gasteiger partial charge in [-0.1, -0.05) is 32.8 Å². The van der Waals surface area contributed by atoms with Crippen LogP contribution < -0.4 is 0 Å².